The largest absolute Gasteiger partial charge is 0.495 e. The van der Waals surface area contributed by atoms with Crippen LogP contribution in [0.1, 0.15) is 23.0 Å². The third kappa shape index (κ3) is 3.28. The Morgan fingerprint density at radius 2 is 2.14 bits per heavy atom. The molecule has 2 rings (SSSR count). The molecular formula is C16H16FN3O2. The van der Waals surface area contributed by atoms with Crippen LogP contribution in [0.15, 0.2) is 41.5 Å². The average molecular weight is 301 g/mol. The van der Waals surface area contributed by atoms with Gasteiger partial charge in [-0.05, 0) is 37.3 Å². The number of benzene rings is 1. The number of ether oxygens (including phenoxy) is 1. The normalized spacial score (nSPS) is 11.3. The Morgan fingerprint density at radius 1 is 1.36 bits per heavy atom. The molecule has 0 aliphatic heterocycles. The lowest BCUT2D eigenvalue weighted by Gasteiger charge is -2.09. The van der Waals surface area contributed by atoms with Crippen molar-refractivity contribution in [3.8, 4) is 5.75 Å². The molecular weight excluding hydrogens is 285 g/mol. The number of nitrogens with zero attached hydrogens (tertiary/aromatic N) is 2. The van der Waals surface area contributed by atoms with E-state index in [2.05, 4.69) is 9.98 Å². The number of aromatic nitrogens is 1. The monoisotopic (exact) mass is 301 g/mol. The number of nitrogen functional groups attached to an aromatic ring is 1. The molecule has 114 valence electrons. The molecule has 0 saturated heterocycles. The van der Waals surface area contributed by atoms with Crippen molar-refractivity contribution in [2.75, 3.05) is 19.4 Å². The molecule has 0 spiro atoms. The maximum absolute atomic E-state index is 13.5. The number of halogens is 1. The van der Waals surface area contributed by atoms with Crippen molar-refractivity contribution in [2.45, 2.75) is 6.92 Å². The van der Waals surface area contributed by atoms with Gasteiger partial charge < -0.3 is 10.5 Å². The van der Waals surface area contributed by atoms with Gasteiger partial charge in [-0.3, -0.25) is 9.79 Å². The molecule has 0 aliphatic rings. The maximum atomic E-state index is 13.5. The fourth-order valence-corrected chi connectivity index (χ4v) is 1.93. The summed E-state index contributed by atoms with van der Waals surface area (Å²) in [4.78, 5) is 20.8. The van der Waals surface area contributed by atoms with E-state index in [4.69, 9.17) is 10.5 Å². The van der Waals surface area contributed by atoms with Gasteiger partial charge in [0.15, 0.2) is 0 Å². The number of aliphatic imine (C=N–C) groups is 1. The quantitative estimate of drug-likeness (QED) is 0.523. The third-order valence-electron chi connectivity index (χ3n) is 3.01. The molecule has 2 N–H and O–H groups in total. The molecule has 22 heavy (non-hydrogen) atoms. The van der Waals surface area contributed by atoms with Crippen LogP contribution in [-0.4, -0.2) is 30.1 Å². The highest BCUT2D eigenvalue weighted by molar-refractivity contribution is 6.51. The third-order valence-corrected chi connectivity index (χ3v) is 3.01. The van der Waals surface area contributed by atoms with E-state index in [0.29, 0.717) is 12.3 Å². The number of anilines is 1. The summed E-state index contributed by atoms with van der Waals surface area (Å²) in [6, 6.07) is 6.99. The van der Waals surface area contributed by atoms with Crippen LogP contribution in [0.5, 0.6) is 5.75 Å². The summed E-state index contributed by atoms with van der Waals surface area (Å²) in [5.41, 5.74) is 6.68. The van der Waals surface area contributed by atoms with E-state index in [9.17, 15) is 9.18 Å². The SMILES string of the molecule is CCN=C(C(=O)c1ccc(OC)cn1)c1cc(F)ccc1N. The Hall–Kier alpha value is -2.76. The lowest BCUT2D eigenvalue weighted by molar-refractivity contribution is 0.106. The Bertz CT molecular complexity index is 712. The summed E-state index contributed by atoms with van der Waals surface area (Å²) in [6.45, 7) is 2.15. The lowest BCUT2D eigenvalue weighted by Crippen LogP contribution is -2.19. The van der Waals surface area contributed by atoms with Crippen LogP contribution in [0.25, 0.3) is 0 Å². The van der Waals surface area contributed by atoms with Crippen molar-refractivity contribution in [2.24, 2.45) is 4.99 Å². The van der Waals surface area contributed by atoms with E-state index in [1.807, 2.05) is 0 Å². The number of nitrogens with two attached hydrogens (primary N) is 1. The topological polar surface area (TPSA) is 77.6 Å². The van der Waals surface area contributed by atoms with Crippen molar-refractivity contribution < 1.29 is 13.9 Å². The number of Topliss-reactive ketones (excluding diaryl/α,β-unsaturated/α-hetero) is 1. The van der Waals surface area contributed by atoms with Crippen LogP contribution in [-0.2, 0) is 0 Å². The van der Waals surface area contributed by atoms with Crippen LogP contribution >= 0.6 is 0 Å². The smallest absolute Gasteiger partial charge is 0.229 e. The van der Waals surface area contributed by atoms with E-state index >= 15 is 0 Å². The van der Waals surface area contributed by atoms with Crippen molar-refractivity contribution in [3.63, 3.8) is 0 Å². The van der Waals surface area contributed by atoms with Gasteiger partial charge in [0.2, 0.25) is 5.78 Å². The molecule has 0 atom stereocenters. The zero-order valence-electron chi connectivity index (χ0n) is 12.3. The van der Waals surface area contributed by atoms with Gasteiger partial charge >= 0.3 is 0 Å². The molecule has 0 fully saturated rings. The van der Waals surface area contributed by atoms with Gasteiger partial charge in [0.25, 0.3) is 0 Å². The number of methoxy groups -OCH3 is 1. The van der Waals surface area contributed by atoms with Crippen LogP contribution in [0.2, 0.25) is 0 Å². The van der Waals surface area contributed by atoms with Gasteiger partial charge in [-0.25, -0.2) is 9.37 Å². The molecule has 0 radical (unpaired) electrons. The number of carbonyl (C=O) groups excluding carboxylic acids is 1. The molecule has 0 saturated carbocycles. The summed E-state index contributed by atoms with van der Waals surface area (Å²) >= 11 is 0. The summed E-state index contributed by atoms with van der Waals surface area (Å²) in [5.74, 6) is -0.360. The van der Waals surface area contributed by atoms with Crippen LogP contribution in [0.3, 0.4) is 0 Å². The molecule has 1 heterocycles. The average Bonchev–Trinajstić information content (AvgIpc) is 2.54. The van der Waals surface area contributed by atoms with Crippen LogP contribution in [0, 0.1) is 5.82 Å². The van der Waals surface area contributed by atoms with Gasteiger partial charge in [-0.1, -0.05) is 0 Å². The molecule has 0 bridgehead atoms. The minimum absolute atomic E-state index is 0.0946. The maximum Gasteiger partial charge on any atom is 0.229 e. The summed E-state index contributed by atoms with van der Waals surface area (Å²) in [6.07, 6.45) is 1.44. The Balaban J connectivity index is 2.45. The van der Waals surface area contributed by atoms with E-state index in [-0.39, 0.29) is 22.7 Å². The fraction of sp³-hybridized carbons (Fsp3) is 0.188. The molecule has 2 aromatic rings. The zero-order chi connectivity index (χ0) is 16.1. The van der Waals surface area contributed by atoms with E-state index < -0.39 is 11.6 Å². The molecule has 0 aliphatic carbocycles. The number of ketones is 1. The summed E-state index contributed by atoms with van der Waals surface area (Å²) < 4.78 is 18.5. The van der Waals surface area contributed by atoms with E-state index in [1.165, 1.54) is 37.6 Å². The first-order valence-electron chi connectivity index (χ1n) is 6.71. The van der Waals surface area contributed by atoms with Gasteiger partial charge in [0.05, 0.1) is 13.3 Å². The Labute approximate surface area is 127 Å². The highest BCUT2D eigenvalue weighted by atomic mass is 19.1. The Morgan fingerprint density at radius 3 is 2.73 bits per heavy atom. The summed E-state index contributed by atoms with van der Waals surface area (Å²) in [7, 11) is 1.51. The van der Waals surface area contributed by atoms with Crippen LogP contribution < -0.4 is 10.5 Å². The highest BCUT2D eigenvalue weighted by Crippen LogP contribution is 2.18. The fourth-order valence-electron chi connectivity index (χ4n) is 1.93. The van der Waals surface area contributed by atoms with Gasteiger partial charge in [-0.15, -0.1) is 0 Å². The van der Waals surface area contributed by atoms with Gasteiger partial charge in [0, 0.05) is 17.8 Å². The number of hydrogen-bond donors (Lipinski definition) is 1. The standard InChI is InChI=1S/C16H16FN3O2/c1-3-19-15(12-8-10(17)4-6-13(12)18)16(21)14-7-5-11(22-2)9-20-14/h4-9H,3,18H2,1-2H3. The predicted molar refractivity (Wildman–Crippen MR) is 83.0 cm³/mol. The lowest BCUT2D eigenvalue weighted by atomic mass is 10.0. The minimum Gasteiger partial charge on any atom is -0.495 e. The number of pyridine rings is 1. The predicted octanol–water partition coefficient (Wildman–Crippen LogP) is 2.50. The zero-order valence-corrected chi connectivity index (χ0v) is 12.3. The van der Waals surface area contributed by atoms with Crippen molar-refractivity contribution in [1.82, 2.24) is 4.98 Å². The second-order valence-electron chi connectivity index (χ2n) is 4.47. The summed E-state index contributed by atoms with van der Waals surface area (Å²) in [5, 5.41) is 0. The first-order valence-corrected chi connectivity index (χ1v) is 6.71. The molecule has 6 heteroatoms. The second-order valence-corrected chi connectivity index (χ2v) is 4.47. The van der Waals surface area contributed by atoms with Gasteiger partial charge in [-0.2, -0.15) is 0 Å². The number of carbonyl (C=O) groups is 1. The van der Waals surface area contributed by atoms with Crippen molar-refractivity contribution in [1.29, 1.82) is 0 Å². The number of hydrogen-bond acceptors (Lipinski definition) is 5. The Kier molecular flexibility index (Phi) is 4.83. The van der Waals surface area contributed by atoms with E-state index in [0.717, 1.165) is 0 Å². The highest BCUT2D eigenvalue weighted by Gasteiger charge is 2.20. The first-order chi connectivity index (χ1) is 10.6. The van der Waals surface area contributed by atoms with Crippen LogP contribution in [0.4, 0.5) is 10.1 Å². The van der Waals surface area contributed by atoms with Crippen molar-refractivity contribution >= 4 is 17.2 Å². The minimum atomic E-state index is -0.483. The van der Waals surface area contributed by atoms with E-state index in [1.54, 1.807) is 13.0 Å². The molecule has 1 aromatic heterocycles. The number of rotatable bonds is 5. The first kappa shape index (κ1) is 15.6. The molecule has 5 nitrogen and oxygen atoms in total. The molecule has 1 aromatic carbocycles. The molecule has 0 amide bonds. The molecule has 0 unspecified atom stereocenters. The van der Waals surface area contributed by atoms with Gasteiger partial charge in [0.1, 0.15) is 23.0 Å². The second kappa shape index (κ2) is 6.80. The van der Waals surface area contributed by atoms with Crippen molar-refractivity contribution in [3.05, 3.63) is 53.6 Å².